The summed E-state index contributed by atoms with van der Waals surface area (Å²) in [6, 6.07) is 54.7. The number of hydrogen-bond acceptors (Lipinski definition) is 3. The Morgan fingerprint density at radius 2 is 1.06 bits per heavy atom. The van der Waals surface area contributed by atoms with Crippen molar-refractivity contribution < 1.29 is 0 Å². The molecule has 10 rings (SSSR count). The predicted molar refractivity (Wildman–Crippen MR) is 207 cm³/mol. The average Bonchev–Trinajstić information content (AvgIpc) is 3.63. The van der Waals surface area contributed by atoms with E-state index in [9.17, 15) is 0 Å². The lowest BCUT2D eigenvalue weighted by Crippen LogP contribution is -2.16. The Hall–Kier alpha value is -6.32. The van der Waals surface area contributed by atoms with Gasteiger partial charge in [0.25, 0.3) is 0 Å². The quantitative estimate of drug-likeness (QED) is 0.188. The van der Waals surface area contributed by atoms with Gasteiger partial charge in [-0.15, -0.1) is 0 Å². The summed E-state index contributed by atoms with van der Waals surface area (Å²) in [7, 11) is 0. The van der Waals surface area contributed by atoms with Gasteiger partial charge in [0.2, 0.25) is 0 Å². The van der Waals surface area contributed by atoms with Gasteiger partial charge in [0.1, 0.15) is 0 Å². The maximum Gasteiger partial charge on any atom is 0.0977 e. The van der Waals surface area contributed by atoms with Crippen LogP contribution in [0.1, 0.15) is 25.0 Å². The summed E-state index contributed by atoms with van der Waals surface area (Å²) in [5, 5.41) is 1.18. The zero-order valence-corrected chi connectivity index (χ0v) is 27.9. The van der Waals surface area contributed by atoms with E-state index in [1.54, 1.807) is 0 Å². The Kier molecular flexibility index (Phi) is 6.22. The third-order valence-corrected chi connectivity index (χ3v) is 10.7. The standard InChI is InChI=1S/C47H33N3/c1-47(2)40-16-9-8-15-38(40)44-41(47)17-10-18-42(44)50(33-23-19-31(20-24-33)30-11-4-3-5-12-30)34-25-21-32(22-26-34)45-46-43-37(27-28-48-46)35-13-6-7-14-36(35)39(43)29-49-45/h3-29H,1-2H3. The van der Waals surface area contributed by atoms with E-state index in [0.717, 1.165) is 33.7 Å². The van der Waals surface area contributed by atoms with Gasteiger partial charge in [0.05, 0.1) is 16.9 Å². The summed E-state index contributed by atoms with van der Waals surface area (Å²) >= 11 is 0. The van der Waals surface area contributed by atoms with Crippen molar-refractivity contribution in [3.8, 4) is 55.8 Å². The van der Waals surface area contributed by atoms with E-state index < -0.39 is 0 Å². The number of pyridine rings is 2. The Morgan fingerprint density at radius 3 is 1.80 bits per heavy atom. The van der Waals surface area contributed by atoms with Gasteiger partial charge in [0.15, 0.2) is 0 Å². The fourth-order valence-corrected chi connectivity index (χ4v) is 8.31. The lowest BCUT2D eigenvalue weighted by atomic mass is 9.82. The van der Waals surface area contributed by atoms with E-state index in [1.165, 1.54) is 61.1 Å². The van der Waals surface area contributed by atoms with Crippen molar-refractivity contribution in [1.29, 1.82) is 0 Å². The summed E-state index contributed by atoms with van der Waals surface area (Å²) in [4.78, 5) is 12.3. The zero-order valence-electron chi connectivity index (χ0n) is 27.9. The third kappa shape index (κ3) is 4.17. The van der Waals surface area contributed by atoms with Crippen LogP contribution < -0.4 is 4.90 Å². The number of hydrogen-bond donors (Lipinski definition) is 0. The Bertz CT molecular complexity index is 2570. The molecule has 0 saturated carbocycles. The lowest BCUT2D eigenvalue weighted by Gasteiger charge is -2.29. The topological polar surface area (TPSA) is 29.0 Å². The highest BCUT2D eigenvalue weighted by atomic mass is 15.1. The molecular weight excluding hydrogens is 607 g/mol. The van der Waals surface area contributed by atoms with Crippen molar-refractivity contribution in [3.63, 3.8) is 0 Å². The van der Waals surface area contributed by atoms with Crippen LogP contribution in [-0.2, 0) is 5.41 Å². The van der Waals surface area contributed by atoms with Gasteiger partial charge in [-0.2, -0.15) is 0 Å². The van der Waals surface area contributed by atoms with E-state index in [1.807, 2.05) is 12.4 Å². The molecule has 0 saturated heterocycles. The minimum absolute atomic E-state index is 0.0945. The highest BCUT2D eigenvalue weighted by Crippen LogP contribution is 2.54. The van der Waals surface area contributed by atoms with Crippen molar-refractivity contribution >= 4 is 28.0 Å². The van der Waals surface area contributed by atoms with E-state index in [4.69, 9.17) is 9.97 Å². The molecule has 0 unspecified atom stereocenters. The molecule has 0 bridgehead atoms. The molecule has 0 radical (unpaired) electrons. The maximum absolute atomic E-state index is 5.02. The first-order valence-corrected chi connectivity index (χ1v) is 17.2. The molecule has 50 heavy (non-hydrogen) atoms. The van der Waals surface area contributed by atoms with E-state index in [2.05, 4.69) is 170 Å². The smallest absolute Gasteiger partial charge is 0.0977 e. The first-order chi connectivity index (χ1) is 24.6. The molecule has 0 amide bonds. The minimum atomic E-state index is -0.0945. The van der Waals surface area contributed by atoms with Crippen LogP contribution in [0.4, 0.5) is 17.1 Å². The molecule has 2 heterocycles. The largest absolute Gasteiger partial charge is 0.310 e. The number of nitrogens with zero attached hydrogens (tertiary/aromatic N) is 3. The number of benzene rings is 6. The second-order valence-corrected chi connectivity index (χ2v) is 13.8. The SMILES string of the molecule is CC1(C)c2ccccc2-c2c(N(c3ccc(-c4ccccc4)cc3)c3ccc(-c4ncc5c6c(ccnc46)-c4ccccc4-5)cc3)cccc21. The highest BCUT2D eigenvalue weighted by molar-refractivity contribution is 6.16. The normalized spacial score (nSPS) is 13.2. The highest BCUT2D eigenvalue weighted by Gasteiger charge is 2.37. The van der Waals surface area contributed by atoms with Crippen LogP contribution in [-0.4, -0.2) is 9.97 Å². The predicted octanol–water partition coefficient (Wildman–Crippen LogP) is 12.4. The first kappa shape index (κ1) is 28.7. The van der Waals surface area contributed by atoms with Crippen LogP contribution in [0.25, 0.3) is 66.7 Å². The molecular formula is C47H33N3. The second-order valence-electron chi connectivity index (χ2n) is 13.8. The minimum Gasteiger partial charge on any atom is -0.310 e. The van der Waals surface area contributed by atoms with Gasteiger partial charge in [-0.1, -0.05) is 129 Å². The molecule has 0 aliphatic heterocycles. The van der Waals surface area contributed by atoms with Gasteiger partial charge >= 0.3 is 0 Å². The molecule has 2 aliphatic rings. The molecule has 3 heteroatoms. The van der Waals surface area contributed by atoms with E-state index in [-0.39, 0.29) is 5.41 Å². The van der Waals surface area contributed by atoms with Crippen LogP contribution in [0.5, 0.6) is 0 Å². The fraction of sp³-hybridized carbons (Fsp3) is 0.0638. The van der Waals surface area contributed by atoms with Crippen LogP contribution in [0.15, 0.2) is 164 Å². The lowest BCUT2D eigenvalue weighted by molar-refractivity contribution is 0.660. The monoisotopic (exact) mass is 639 g/mol. The number of rotatable bonds is 5. The van der Waals surface area contributed by atoms with Gasteiger partial charge in [-0.05, 0) is 80.9 Å². The summed E-state index contributed by atoms with van der Waals surface area (Å²) in [5.74, 6) is 0. The molecule has 0 atom stereocenters. The van der Waals surface area contributed by atoms with Crippen molar-refractivity contribution in [1.82, 2.24) is 9.97 Å². The van der Waals surface area contributed by atoms with Gasteiger partial charge in [0, 0.05) is 51.3 Å². The molecule has 3 nitrogen and oxygen atoms in total. The number of anilines is 3. The van der Waals surface area contributed by atoms with Gasteiger partial charge in [-0.3, -0.25) is 9.97 Å². The van der Waals surface area contributed by atoms with Crippen molar-refractivity contribution in [2.24, 2.45) is 0 Å². The van der Waals surface area contributed by atoms with Crippen LogP contribution in [0.3, 0.4) is 0 Å². The average molecular weight is 640 g/mol. The van der Waals surface area contributed by atoms with E-state index >= 15 is 0 Å². The summed E-state index contributed by atoms with van der Waals surface area (Å²) in [5.41, 5.74) is 18.7. The number of fused-ring (bicyclic) bond motifs is 6. The zero-order chi connectivity index (χ0) is 33.4. The number of aromatic nitrogens is 2. The molecule has 0 fully saturated rings. The fourth-order valence-electron chi connectivity index (χ4n) is 8.31. The first-order valence-electron chi connectivity index (χ1n) is 17.2. The van der Waals surface area contributed by atoms with Crippen molar-refractivity contribution in [2.75, 3.05) is 4.90 Å². The molecule has 2 aromatic heterocycles. The summed E-state index contributed by atoms with van der Waals surface area (Å²) < 4.78 is 0. The summed E-state index contributed by atoms with van der Waals surface area (Å²) in [6.45, 7) is 4.68. The Labute approximate surface area is 292 Å². The Balaban J connectivity index is 1.12. The summed E-state index contributed by atoms with van der Waals surface area (Å²) in [6.07, 6.45) is 3.94. The van der Waals surface area contributed by atoms with E-state index in [0.29, 0.717) is 0 Å². The molecule has 8 aromatic rings. The molecule has 236 valence electrons. The molecule has 2 aliphatic carbocycles. The maximum atomic E-state index is 5.02. The van der Waals surface area contributed by atoms with Crippen LogP contribution in [0, 0.1) is 0 Å². The third-order valence-electron chi connectivity index (χ3n) is 10.7. The van der Waals surface area contributed by atoms with Gasteiger partial charge < -0.3 is 4.90 Å². The van der Waals surface area contributed by atoms with Crippen LogP contribution in [0.2, 0.25) is 0 Å². The second kappa shape index (κ2) is 10.8. The van der Waals surface area contributed by atoms with Gasteiger partial charge in [-0.25, -0.2) is 0 Å². The molecule has 6 aromatic carbocycles. The van der Waals surface area contributed by atoms with Crippen molar-refractivity contribution in [2.45, 2.75) is 19.3 Å². The van der Waals surface area contributed by atoms with Crippen LogP contribution >= 0.6 is 0 Å². The van der Waals surface area contributed by atoms with Crippen molar-refractivity contribution in [3.05, 3.63) is 175 Å². The Morgan fingerprint density at radius 1 is 0.460 bits per heavy atom. The molecule has 0 spiro atoms. The molecule has 0 N–H and O–H groups in total.